The Morgan fingerprint density at radius 2 is 2.00 bits per heavy atom. The number of rotatable bonds is 3. The second kappa shape index (κ2) is 3.28. The molecule has 2 nitrogen and oxygen atoms in total. The van der Waals surface area contributed by atoms with Crippen LogP contribution in [0.1, 0.15) is 20.8 Å². The van der Waals surface area contributed by atoms with Crippen LogP contribution < -0.4 is 0 Å². The average Bonchev–Trinajstić information content (AvgIpc) is 1.86. The monoisotopic (exact) mass is 206 g/mol. The lowest BCUT2D eigenvalue weighted by Gasteiger charge is -2.16. The van der Waals surface area contributed by atoms with E-state index in [-0.39, 0.29) is 10.6 Å². The third-order valence-corrected chi connectivity index (χ3v) is 1.71. The van der Waals surface area contributed by atoms with Gasteiger partial charge in [0, 0.05) is 0 Å². The molecule has 0 rings (SSSR count). The highest BCUT2D eigenvalue weighted by atomic mass is 79.9. The van der Waals surface area contributed by atoms with Gasteiger partial charge in [-0.3, -0.25) is 4.79 Å². The fourth-order valence-electron chi connectivity index (χ4n) is 0.571. The molecule has 0 bridgehead atoms. The maximum Gasteiger partial charge on any atom is 0.158 e. The van der Waals surface area contributed by atoms with E-state index in [2.05, 4.69) is 15.9 Å². The maximum absolute atomic E-state index is 11.1. The van der Waals surface area contributed by atoms with Crippen LogP contribution in [0, 0.1) is 5.41 Å². The zero-order valence-electron chi connectivity index (χ0n) is 6.35. The van der Waals surface area contributed by atoms with Crippen molar-refractivity contribution in [2.24, 2.45) is 5.41 Å². The van der Waals surface area contributed by atoms with Crippen molar-refractivity contribution in [1.82, 2.24) is 0 Å². The van der Waals surface area contributed by atoms with Gasteiger partial charge in [0.25, 0.3) is 0 Å². The lowest BCUT2D eigenvalue weighted by Crippen LogP contribution is -2.31. The summed E-state index contributed by atoms with van der Waals surface area (Å²) in [5.74, 6) is -0.0810. The predicted molar refractivity (Wildman–Crippen MR) is 43.2 cm³/mol. The highest BCUT2D eigenvalue weighted by Crippen LogP contribution is 2.18. The van der Waals surface area contributed by atoms with E-state index in [1.807, 2.05) is 0 Å². The molecule has 0 aliphatic carbocycles. The largest absolute Gasteiger partial charge is 0.302 e. The molecular formula is C7H11BrO2. The van der Waals surface area contributed by atoms with Crippen LogP contribution in [0.2, 0.25) is 0 Å². The molecule has 0 radical (unpaired) electrons. The van der Waals surface area contributed by atoms with Gasteiger partial charge >= 0.3 is 0 Å². The fraction of sp³-hybridized carbons (Fsp3) is 0.714. The quantitative estimate of drug-likeness (QED) is 0.399. The lowest BCUT2D eigenvalue weighted by atomic mass is 9.89. The van der Waals surface area contributed by atoms with E-state index < -0.39 is 5.41 Å². The maximum atomic E-state index is 11.1. The molecule has 3 heteroatoms. The van der Waals surface area contributed by atoms with E-state index in [9.17, 15) is 9.59 Å². The number of carbonyl (C=O) groups excluding carboxylic acids is 2. The normalized spacial score (nSPS) is 14.4. The second-order valence-corrected chi connectivity index (χ2v) is 4.19. The Morgan fingerprint density at radius 1 is 1.60 bits per heavy atom. The lowest BCUT2D eigenvalue weighted by molar-refractivity contribution is -0.131. The number of Topliss-reactive ketones (excluding diaryl/α,β-unsaturated/α-hetero) is 1. The van der Waals surface area contributed by atoms with Gasteiger partial charge in [0.1, 0.15) is 6.29 Å². The van der Waals surface area contributed by atoms with Crippen molar-refractivity contribution in [3.63, 3.8) is 0 Å². The van der Waals surface area contributed by atoms with Gasteiger partial charge in [-0.1, -0.05) is 15.9 Å². The van der Waals surface area contributed by atoms with E-state index in [0.717, 1.165) is 0 Å². The third kappa shape index (κ3) is 2.21. The molecule has 0 saturated carbocycles. The highest BCUT2D eigenvalue weighted by molar-refractivity contribution is 9.10. The molecule has 1 atom stereocenters. The van der Waals surface area contributed by atoms with Gasteiger partial charge < -0.3 is 4.79 Å². The molecule has 0 aromatic carbocycles. The molecule has 0 spiro atoms. The first-order chi connectivity index (χ1) is 4.41. The molecule has 0 amide bonds. The van der Waals surface area contributed by atoms with Crippen molar-refractivity contribution >= 4 is 28.0 Å². The topological polar surface area (TPSA) is 34.1 Å². The summed E-state index contributed by atoms with van der Waals surface area (Å²) in [7, 11) is 0. The van der Waals surface area contributed by atoms with Crippen LogP contribution in [0.25, 0.3) is 0 Å². The zero-order chi connectivity index (χ0) is 8.36. The van der Waals surface area contributed by atoms with Crippen molar-refractivity contribution in [1.29, 1.82) is 0 Å². The van der Waals surface area contributed by atoms with Gasteiger partial charge in [0.15, 0.2) is 5.78 Å². The number of hydrogen-bond acceptors (Lipinski definition) is 2. The SMILES string of the molecule is CC(Br)C(=O)C(C)(C)C=O. The summed E-state index contributed by atoms with van der Waals surface area (Å²) >= 11 is 3.11. The molecule has 0 fully saturated rings. The van der Waals surface area contributed by atoms with Crippen LogP contribution in [0.5, 0.6) is 0 Å². The molecule has 0 N–H and O–H groups in total. The summed E-state index contributed by atoms with van der Waals surface area (Å²) in [6, 6.07) is 0. The van der Waals surface area contributed by atoms with Crippen LogP contribution in [0.15, 0.2) is 0 Å². The first-order valence-electron chi connectivity index (χ1n) is 3.06. The van der Waals surface area contributed by atoms with Crippen LogP contribution in [-0.2, 0) is 9.59 Å². The average molecular weight is 207 g/mol. The molecule has 10 heavy (non-hydrogen) atoms. The summed E-state index contributed by atoms with van der Waals surface area (Å²) in [6.45, 7) is 4.94. The third-order valence-electron chi connectivity index (χ3n) is 1.29. The van der Waals surface area contributed by atoms with Gasteiger partial charge in [0.05, 0.1) is 10.2 Å². The van der Waals surface area contributed by atoms with Crippen molar-refractivity contribution in [2.75, 3.05) is 0 Å². The van der Waals surface area contributed by atoms with Gasteiger partial charge in [-0.25, -0.2) is 0 Å². The minimum atomic E-state index is -0.844. The Hall–Kier alpha value is -0.180. The van der Waals surface area contributed by atoms with Crippen molar-refractivity contribution in [3.05, 3.63) is 0 Å². The first-order valence-corrected chi connectivity index (χ1v) is 3.98. The standard InChI is InChI=1S/C7H11BrO2/c1-5(8)6(10)7(2,3)4-9/h4-5H,1-3H3. The van der Waals surface area contributed by atoms with Gasteiger partial charge in [-0.2, -0.15) is 0 Å². The minimum absolute atomic E-state index is 0.0810. The summed E-state index contributed by atoms with van der Waals surface area (Å²) < 4.78 is 0. The Labute approximate surface area is 69.1 Å². The Kier molecular flexibility index (Phi) is 3.22. The molecule has 1 unspecified atom stereocenters. The van der Waals surface area contributed by atoms with Crippen molar-refractivity contribution in [2.45, 2.75) is 25.6 Å². The van der Waals surface area contributed by atoms with Crippen molar-refractivity contribution < 1.29 is 9.59 Å². The molecule has 58 valence electrons. The number of alkyl halides is 1. The van der Waals surface area contributed by atoms with E-state index in [1.165, 1.54) is 0 Å². The summed E-state index contributed by atoms with van der Waals surface area (Å²) in [4.78, 5) is 21.2. The zero-order valence-corrected chi connectivity index (χ0v) is 7.94. The first kappa shape index (κ1) is 9.82. The van der Waals surface area contributed by atoms with Crippen LogP contribution in [-0.4, -0.2) is 16.9 Å². The van der Waals surface area contributed by atoms with E-state index in [1.54, 1.807) is 20.8 Å². The van der Waals surface area contributed by atoms with Gasteiger partial charge in [0.2, 0.25) is 0 Å². The highest BCUT2D eigenvalue weighted by Gasteiger charge is 2.29. The van der Waals surface area contributed by atoms with Gasteiger partial charge in [-0.15, -0.1) is 0 Å². The minimum Gasteiger partial charge on any atom is -0.302 e. The van der Waals surface area contributed by atoms with E-state index >= 15 is 0 Å². The molecule has 0 saturated heterocycles. The summed E-state index contributed by atoms with van der Waals surface area (Å²) in [6.07, 6.45) is 0.674. The van der Waals surface area contributed by atoms with Crippen LogP contribution in [0.4, 0.5) is 0 Å². The molecule has 0 aromatic rings. The number of carbonyl (C=O) groups is 2. The Bertz CT molecular complexity index is 150. The van der Waals surface area contributed by atoms with E-state index in [0.29, 0.717) is 6.29 Å². The number of aldehydes is 1. The van der Waals surface area contributed by atoms with E-state index in [4.69, 9.17) is 0 Å². The molecular weight excluding hydrogens is 196 g/mol. The van der Waals surface area contributed by atoms with Crippen LogP contribution >= 0.6 is 15.9 Å². The smallest absolute Gasteiger partial charge is 0.158 e. The number of hydrogen-bond donors (Lipinski definition) is 0. The van der Waals surface area contributed by atoms with Crippen molar-refractivity contribution in [3.8, 4) is 0 Å². The van der Waals surface area contributed by atoms with Gasteiger partial charge in [-0.05, 0) is 20.8 Å². The second-order valence-electron chi connectivity index (χ2n) is 2.82. The Morgan fingerprint density at radius 3 is 2.10 bits per heavy atom. The summed E-state index contributed by atoms with van der Waals surface area (Å²) in [5.41, 5.74) is -0.844. The summed E-state index contributed by atoms with van der Waals surface area (Å²) in [5, 5.41) is 0. The number of ketones is 1. The fourth-order valence-corrected chi connectivity index (χ4v) is 1.16. The molecule has 0 aliphatic rings. The molecule has 0 aliphatic heterocycles. The predicted octanol–water partition coefficient (Wildman–Crippen LogP) is 1.56. The number of halogens is 1. The Balaban J connectivity index is 4.33. The van der Waals surface area contributed by atoms with Crippen LogP contribution in [0.3, 0.4) is 0 Å². The molecule has 0 heterocycles. The molecule has 0 aromatic heterocycles.